The first kappa shape index (κ1) is 14.5. The molecule has 0 aromatic heterocycles. The van der Waals surface area contributed by atoms with Gasteiger partial charge in [-0.15, -0.1) is 0 Å². The van der Waals surface area contributed by atoms with Gasteiger partial charge in [0.2, 0.25) is 0 Å². The second-order valence-corrected chi connectivity index (χ2v) is 5.85. The van der Waals surface area contributed by atoms with Crippen LogP contribution in [0.1, 0.15) is 27.1 Å². The summed E-state index contributed by atoms with van der Waals surface area (Å²) in [7, 11) is 0. The van der Waals surface area contributed by atoms with Gasteiger partial charge in [0, 0.05) is 11.1 Å². The van der Waals surface area contributed by atoms with Crippen molar-refractivity contribution in [1.82, 2.24) is 0 Å². The molecule has 0 bridgehead atoms. The molecular weight excluding hydrogens is 334 g/mol. The fraction of sp³-hybridized carbons (Fsp3) is 0.200. The summed E-state index contributed by atoms with van der Waals surface area (Å²) in [5.74, 6) is -1.16. The van der Waals surface area contributed by atoms with Gasteiger partial charge in [0.25, 0.3) is 0 Å². The molecule has 1 atom stereocenters. The Morgan fingerprint density at radius 2 is 1.53 bits per heavy atom. The Hall–Kier alpha value is -0.930. The first-order valence-electron chi connectivity index (χ1n) is 5.75. The fourth-order valence-electron chi connectivity index (χ4n) is 1.98. The SMILES string of the molecule is Cc1cc(C(Br)c2cc(F)cc(F)c2)c(C)cc1Cl. The minimum atomic E-state index is -0.581. The third kappa shape index (κ3) is 3.15. The molecule has 2 aromatic carbocycles. The highest BCUT2D eigenvalue weighted by atomic mass is 79.9. The molecule has 0 heterocycles. The monoisotopic (exact) mass is 344 g/mol. The lowest BCUT2D eigenvalue weighted by Gasteiger charge is -2.15. The van der Waals surface area contributed by atoms with Crippen molar-refractivity contribution >= 4 is 27.5 Å². The van der Waals surface area contributed by atoms with Crippen molar-refractivity contribution in [2.24, 2.45) is 0 Å². The third-order valence-corrected chi connectivity index (χ3v) is 4.43. The maximum atomic E-state index is 13.3. The van der Waals surface area contributed by atoms with E-state index in [1.165, 1.54) is 12.1 Å². The Morgan fingerprint density at radius 3 is 2.11 bits per heavy atom. The van der Waals surface area contributed by atoms with Crippen molar-refractivity contribution in [3.05, 3.63) is 69.2 Å². The van der Waals surface area contributed by atoms with Crippen LogP contribution in [-0.4, -0.2) is 0 Å². The summed E-state index contributed by atoms with van der Waals surface area (Å²) < 4.78 is 26.5. The van der Waals surface area contributed by atoms with Crippen molar-refractivity contribution in [3.63, 3.8) is 0 Å². The molecule has 0 nitrogen and oxygen atoms in total. The molecule has 2 rings (SSSR count). The van der Waals surface area contributed by atoms with Crippen LogP contribution in [0.4, 0.5) is 8.78 Å². The average Bonchev–Trinajstić information content (AvgIpc) is 2.31. The van der Waals surface area contributed by atoms with Crippen LogP contribution in [0, 0.1) is 25.5 Å². The van der Waals surface area contributed by atoms with Crippen LogP contribution in [-0.2, 0) is 0 Å². The van der Waals surface area contributed by atoms with E-state index in [1.807, 2.05) is 26.0 Å². The Kier molecular flexibility index (Phi) is 4.26. The molecule has 0 saturated carbocycles. The van der Waals surface area contributed by atoms with Gasteiger partial charge in [0.1, 0.15) is 11.6 Å². The fourth-order valence-corrected chi connectivity index (χ4v) is 2.95. The van der Waals surface area contributed by atoms with E-state index in [0.29, 0.717) is 10.6 Å². The second-order valence-electron chi connectivity index (χ2n) is 4.52. The van der Waals surface area contributed by atoms with Gasteiger partial charge in [0.15, 0.2) is 0 Å². The highest BCUT2D eigenvalue weighted by Crippen LogP contribution is 2.35. The summed E-state index contributed by atoms with van der Waals surface area (Å²) in [6, 6.07) is 7.30. The Morgan fingerprint density at radius 1 is 0.947 bits per heavy atom. The number of hydrogen-bond donors (Lipinski definition) is 0. The molecule has 0 aliphatic heterocycles. The molecule has 100 valence electrons. The lowest BCUT2D eigenvalue weighted by molar-refractivity contribution is 0.580. The molecular formula is C15H12BrClF2. The minimum absolute atomic E-state index is 0.270. The Bertz CT molecular complexity index is 606. The summed E-state index contributed by atoms with van der Waals surface area (Å²) in [4.78, 5) is -0.270. The number of hydrogen-bond acceptors (Lipinski definition) is 0. The van der Waals surface area contributed by atoms with Gasteiger partial charge >= 0.3 is 0 Å². The maximum Gasteiger partial charge on any atom is 0.126 e. The van der Waals surface area contributed by atoms with Crippen molar-refractivity contribution in [3.8, 4) is 0 Å². The molecule has 0 aliphatic rings. The summed E-state index contributed by atoms with van der Waals surface area (Å²) >= 11 is 9.55. The number of halogens is 4. The largest absolute Gasteiger partial charge is 0.207 e. The van der Waals surface area contributed by atoms with Crippen LogP contribution in [0.15, 0.2) is 30.3 Å². The predicted octanol–water partition coefficient (Wildman–Crippen LogP) is 5.72. The number of alkyl halides is 1. The summed E-state index contributed by atoms with van der Waals surface area (Å²) in [5, 5.41) is 0.686. The van der Waals surface area contributed by atoms with Gasteiger partial charge in [0.05, 0.1) is 4.83 Å². The van der Waals surface area contributed by atoms with Gasteiger partial charge < -0.3 is 0 Å². The van der Waals surface area contributed by atoms with Crippen LogP contribution in [0.2, 0.25) is 5.02 Å². The van der Waals surface area contributed by atoms with E-state index in [1.54, 1.807) is 0 Å². The summed E-state index contributed by atoms with van der Waals surface area (Å²) in [6.07, 6.45) is 0. The normalized spacial score (nSPS) is 12.5. The van der Waals surface area contributed by atoms with Crippen molar-refractivity contribution in [2.75, 3.05) is 0 Å². The van der Waals surface area contributed by atoms with E-state index < -0.39 is 11.6 Å². The van der Waals surface area contributed by atoms with Crippen LogP contribution in [0.5, 0.6) is 0 Å². The van der Waals surface area contributed by atoms with E-state index in [-0.39, 0.29) is 4.83 Å². The molecule has 19 heavy (non-hydrogen) atoms. The van der Waals surface area contributed by atoms with Gasteiger partial charge in [-0.1, -0.05) is 33.6 Å². The predicted molar refractivity (Wildman–Crippen MR) is 78.1 cm³/mol. The van der Waals surface area contributed by atoms with Gasteiger partial charge in [-0.05, 0) is 54.3 Å². The molecule has 0 aliphatic carbocycles. The lowest BCUT2D eigenvalue weighted by atomic mass is 9.98. The van der Waals surface area contributed by atoms with Crippen molar-refractivity contribution < 1.29 is 8.78 Å². The Labute approximate surface area is 124 Å². The number of benzene rings is 2. The zero-order valence-corrected chi connectivity index (χ0v) is 12.8. The van der Waals surface area contributed by atoms with E-state index in [0.717, 1.165) is 22.8 Å². The Balaban J connectivity index is 2.49. The molecule has 0 spiro atoms. The van der Waals surface area contributed by atoms with Crippen LogP contribution >= 0.6 is 27.5 Å². The van der Waals surface area contributed by atoms with E-state index in [9.17, 15) is 8.78 Å². The second kappa shape index (κ2) is 5.59. The van der Waals surface area contributed by atoms with E-state index >= 15 is 0 Å². The number of rotatable bonds is 2. The molecule has 0 radical (unpaired) electrons. The standard InChI is InChI=1S/C15H12BrClF2/c1-8-4-14(17)9(2)3-13(8)15(16)10-5-11(18)7-12(19)6-10/h3-7,15H,1-2H3. The number of aryl methyl sites for hydroxylation is 2. The van der Waals surface area contributed by atoms with Crippen molar-refractivity contribution in [1.29, 1.82) is 0 Å². The van der Waals surface area contributed by atoms with Gasteiger partial charge in [-0.25, -0.2) is 8.78 Å². The zero-order chi connectivity index (χ0) is 14.2. The highest BCUT2D eigenvalue weighted by Gasteiger charge is 2.16. The van der Waals surface area contributed by atoms with Crippen LogP contribution in [0.25, 0.3) is 0 Å². The lowest BCUT2D eigenvalue weighted by Crippen LogP contribution is -1.99. The summed E-state index contributed by atoms with van der Waals surface area (Å²) in [5.41, 5.74) is 3.40. The minimum Gasteiger partial charge on any atom is -0.207 e. The highest BCUT2D eigenvalue weighted by molar-refractivity contribution is 9.09. The van der Waals surface area contributed by atoms with Gasteiger partial charge in [-0.2, -0.15) is 0 Å². The first-order chi connectivity index (χ1) is 8.88. The quantitative estimate of drug-likeness (QED) is 0.611. The maximum absolute atomic E-state index is 13.3. The van der Waals surface area contributed by atoms with Crippen LogP contribution in [0.3, 0.4) is 0 Å². The summed E-state index contributed by atoms with van der Waals surface area (Å²) in [6.45, 7) is 3.82. The molecule has 2 aromatic rings. The molecule has 0 fully saturated rings. The molecule has 1 unspecified atom stereocenters. The zero-order valence-electron chi connectivity index (χ0n) is 10.5. The smallest absolute Gasteiger partial charge is 0.126 e. The topological polar surface area (TPSA) is 0 Å². The average molecular weight is 346 g/mol. The van der Waals surface area contributed by atoms with E-state index in [2.05, 4.69) is 15.9 Å². The molecule has 0 amide bonds. The molecule has 0 saturated heterocycles. The van der Waals surface area contributed by atoms with Crippen molar-refractivity contribution in [2.45, 2.75) is 18.7 Å². The molecule has 0 N–H and O–H groups in total. The van der Waals surface area contributed by atoms with E-state index in [4.69, 9.17) is 11.6 Å². The van der Waals surface area contributed by atoms with Crippen LogP contribution < -0.4 is 0 Å². The third-order valence-electron chi connectivity index (χ3n) is 3.00. The first-order valence-corrected chi connectivity index (χ1v) is 7.04. The molecule has 4 heteroatoms. The van der Waals surface area contributed by atoms with Gasteiger partial charge in [-0.3, -0.25) is 0 Å².